The van der Waals surface area contributed by atoms with E-state index in [1.54, 1.807) is 14.2 Å². The quantitative estimate of drug-likeness (QED) is 0.660. The molecular formula is C20H30N2O5. The minimum absolute atomic E-state index is 0.0228. The van der Waals surface area contributed by atoms with Crippen LogP contribution >= 0.6 is 0 Å². The number of hydrogen-bond donors (Lipinski definition) is 1. The first-order valence-corrected chi connectivity index (χ1v) is 9.24. The zero-order valence-corrected chi connectivity index (χ0v) is 16.6. The molecule has 0 spiro atoms. The summed E-state index contributed by atoms with van der Waals surface area (Å²) < 4.78 is 15.3. The predicted molar refractivity (Wildman–Crippen MR) is 102 cm³/mol. The van der Waals surface area contributed by atoms with Crippen molar-refractivity contribution in [1.82, 2.24) is 10.2 Å². The van der Waals surface area contributed by atoms with Crippen LogP contribution < -0.4 is 14.8 Å². The lowest BCUT2D eigenvalue weighted by atomic mass is 10.1. The summed E-state index contributed by atoms with van der Waals surface area (Å²) in [5, 5.41) is 3.01. The topological polar surface area (TPSA) is 77.1 Å². The maximum atomic E-state index is 12.2. The molecule has 1 heterocycles. The number of benzene rings is 1. The first-order valence-electron chi connectivity index (χ1n) is 9.24. The fraction of sp³-hybridized carbons (Fsp3) is 0.600. The first-order chi connectivity index (χ1) is 13.0. The summed E-state index contributed by atoms with van der Waals surface area (Å²) in [6.07, 6.45) is 3.36. The molecule has 1 amide bonds. The van der Waals surface area contributed by atoms with Gasteiger partial charge >= 0.3 is 5.97 Å². The van der Waals surface area contributed by atoms with Gasteiger partial charge in [-0.3, -0.25) is 14.5 Å². The molecule has 1 aliphatic heterocycles. The number of likely N-dealkylation sites (N-methyl/N-ethyl adjacent to an activating group) is 1. The van der Waals surface area contributed by atoms with E-state index in [4.69, 9.17) is 14.2 Å². The number of nitrogens with one attached hydrogen (secondary N) is 1. The second-order valence-corrected chi connectivity index (χ2v) is 6.82. The number of nitrogens with zero attached hydrogens (tertiary/aromatic N) is 1. The Labute approximate surface area is 161 Å². The van der Waals surface area contributed by atoms with Gasteiger partial charge in [0.2, 0.25) is 5.91 Å². The maximum absolute atomic E-state index is 12.2. The van der Waals surface area contributed by atoms with Crippen molar-refractivity contribution in [2.24, 2.45) is 0 Å². The lowest BCUT2D eigenvalue weighted by molar-refractivity contribution is -0.141. The average molecular weight is 378 g/mol. The predicted octanol–water partition coefficient (Wildman–Crippen LogP) is 1.78. The summed E-state index contributed by atoms with van der Waals surface area (Å²) in [7, 11) is 6.61. The highest BCUT2D eigenvalue weighted by Crippen LogP contribution is 2.28. The largest absolute Gasteiger partial charge is 0.493 e. The SMILES string of the molecule is COC(=O)C[C@H]1CC[C@@H](CNC(=O)CCc2ccc(OC)c(OC)c2)N1C. The van der Waals surface area contributed by atoms with Gasteiger partial charge in [-0.05, 0) is 44.0 Å². The van der Waals surface area contributed by atoms with Crippen molar-refractivity contribution in [3.05, 3.63) is 23.8 Å². The Bertz CT molecular complexity index is 649. The van der Waals surface area contributed by atoms with Crippen LogP contribution in [0.2, 0.25) is 0 Å². The Hall–Kier alpha value is -2.28. The Kier molecular flexibility index (Phi) is 7.91. The van der Waals surface area contributed by atoms with E-state index in [9.17, 15) is 9.59 Å². The van der Waals surface area contributed by atoms with Crippen LogP contribution in [0.5, 0.6) is 11.5 Å². The molecule has 7 heteroatoms. The highest BCUT2D eigenvalue weighted by molar-refractivity contribution is 5.76. The number of amides is 1. The minimum atomic E-state index is -0.188. The first kappa shape index (κ1) is 21.0. The van der Waals surface area contributed by atoms with E-state index in [0.29, 0.717) is 37.3 Å². The van der Waals surface area contributed by atoms with Gasteiger partial charge < -0.3 is 19.5 Å². The van der Waals surface area contributed by atoms with Crippen molar-refractivity contribution < 1.29 is 23.8 Å². The van der Waals surface area contributed by atoms with Crippen molar-refractivity contribution >= 4 is 11.9 Å². The van der Waals surface area contributed by atoms with Crippen molar-refractivity contribution in [3.63, 3.8) is 0 Å². The summed E-state index contributed by atoms with van der Waals surface area (Å²) in [6, 6.07) is 6.13. The van der Waals surface area contributed by atoms with Gasteiger partial charge in [0.1, 0.15) is 0 Å². The van der Waals surface area contributed by atoms with Gasteiger partial charge in [-0.1, -0.05) is 6.07 Å². The lowest BCUT2D eigenvalue weighted by Crippen LogP contribution is -2.41. The number of hydrogen-bond acceptors (Lipinski definition) is 6. The highest BCUT2D eigenvalue weighted by atomic mass is 16.5. The van der Waals surface area contributed by atoms with Crippen LogP contribution in [-0.4, -0.2) is 63.8 Å². The lowest BCUT2D eigenvalue weighted by Gasteiger charge is -2.25. The van der Waals surface area contributed by atoms with Crippen LogP contribution in [0.4, 0.5) is 0 Å². The number of esters is 1. The van der Waals surface area contributed by atoms with Gasteiger partial charge in [0.05, 0.1) is 27.8 Å². The molecule has 7 nitrogen and oxygen atoms in total. The monoisotopic (exact) mass is 378 g/mol. The van der Waals surface area contributed by atoms with Gasteiger partial charge in [-0.15, -0.1) is 0 Å². The molecule has 1 saturated heterocycles. The summed E-state index contributed by atoms with van der Waals surface area (Å²) in [6.45, 7) is 0.596. The van der Waals surface area contributed by atoms with Crippen LogP contribution in [0.1, 0.15) is 31.2 Å². The molecule has 0 saturated carbocycles. The maximum Gasteiger partial charge on any atom is 0.307 e. The average Bonchev–Trinajstić information content (AvgIpc) is 3.03. The summed E-state index contributed by atoms with van der Waals surface area (Å²) in [5.74, 6) is 1.18. The molecule has 0 unspecified atom stereocenters. The molecule has 2 atom stereocenters. The van der Waals surface area contributed by atoms with Crippen LogP contribution in [0.25, 0.3) is 0 Å². The van der Waals surface area contributed by atoms with Crippen molar-refractivity contribution in [1.29, 1.82) is 0 Å². The molecule has 0 aliphatic carbocycles. The molecule has 150 valence electrons. The normalized spacial score (nSPS) is 19.6. The number of ether oxygens (including phenoxy) is 3. The fourth-order valence-electron chi connectivity index (χ4n) is 3.47. The van der Waals surface area contributed by atoms with Crippen molar-refractivity contribution in [2.45, 2.75) is 44.2 Å². The Morgan fingerprint density at radius 1 is 1.11 bits per heavy atom. The number of likely N-dealkylation sites (tertiary alicyclic amines) is 1. The third kappa shape index (κ3) is 5.85. The third-order valence-corrected chi connectivity index (χ3v) is 5.24. The summed E-state index contributed by atoms with van der Waals surface area (Å²) >= 11 is 0. The van der Waals surface area contributed by atoms with Gasteiger partial charge in [-0.25, -0.2) is 0 Å². The molecule has 0 radical (unpaired) electrons. The number of rotatable bonds is 9. The third-order valence-electron chi connectivity index (χ3n) is 5.24. The van der Waals surface area contributed by atoms with Crippen molar-refractivity contribution in [2.75, 3.05) is 34.9 Å². The molecule has 1 aromatic carbocycles. The van der Waals surface area contributed by atoms with E-state index in [1.165, 1.54) is 7.11 Å². The number of carbonyl (C=O) groups excluding carboxylic acids is 2. The van der Waals surface area contributed by atoms with E-state index in [0.717, 1.165) is 18.4 Å². The standard InChI is InChI=1S/C20H30N2O5/c1-22-15(12-20(24)27-4)7-8-16(22)13-21-19(23)10-6-14-5-9-17(25-2)18(11-14)26-3/h5,9,11,15-16H,6-8,10,12-13H2,1-4H3,(H,21,23)/t15-,16+/m1/s1. The van der Waals surface area contributed by atoms with Gasteiger partial charge in [0, 0.05) is 25.0 Å². The van der Waals surface area contributed by atoms with Gasteiger partial charge in [0.25, 0.3) is 0 Å². The Morgan fingerprint density at radius 3 is 2.48 bits per heavy atom. The molecule has 1 fully saturated rings. The Balaban J connectivity index is 1.76. The zero-order valence-electron chi connectivity index (χ0n) is 16.6. The Morgan fingerprint density at radius 2 is 1.81 bits per heavy atom. The van der Waals surface area contributed by atoms with E-state index in [-0.39, 0.29) is 24.0 Å². The fourth-order valence-corrected chi connectivity index (χ4v) is 3.47. The molecular weight excluding hydrogens is 348 g/mol. The molecule has 0 bridgehead atoms. The van der Waals surface area contributed by atoms with Crippen molar-refractivity contribution in [3.8, 4) is 11.5 Å². The van der Waals surface area contributed by atoms with Gasteiger partial charge in [0.15, 0.2) is 11.5 Å². The summed E-state index contributed by atoms with van der Waals surface area (Å²) in [4.78, 5) is 25.8. The van der Waals surface area contributed by atoms with E-state index < -0.39 is 0 Å². The number of aryl methyl sites for hydroxylation is 1. The second kappa shape index (κ2) is 10.2. The smallest absolute Gasteiger partial charge is 0.307 e. The summed E-state index contributed by atoms with van der Waals surface area (Å²) in [5.41, 5.74) is 1.03. The van der Waals surface area contributed by atoms with E-state index >= 15 is 0 Å². The number of carbonyl (C=O) groups is 2. The van der Waals surface area contributed by atoms with Crippen LogP contribution in [0.15, 0.2) is 18.2 Å². The molecule has 1 N–H and O–H groups in total. The molecule has 1 aliphatic rings. The van der Waals surface area contributed by atoms with Gasteiger partial charge in [-0.2, -0.15) is 0 Å². The zero-order chi connectivity index (χ0) is 19.8. The molecule has 1 aromatic rings. The number of methoxy groups -OCH3 is 3. The van der Waals surface area contributed by atoms with Crippen LogP contribution in [0.3, 0.4) is 0 Å². The molecule has 0 aromatic heterocycles. The van der Waals surface area contributed by atoms with Crippen LogP contribution in [-0.2, 0) is 20.7 Å². The van der Waals surface area contributed by atoms with E-state index in [2.05, 4.69) is 10.2 Å². The minimum Gasteiger partial charge on any atom is -0.493 e. The van der Waals surface area contributed by atoms with Crippen LogP contribution in [0, 0.1) is 0 Å². The second-order valence-electron chi connectivity index (χ2n) is 6.82. The highest BCUT2D eigenvalue weighted by Gasteiger charge is 2.32. The molecule has 27 heavy (non-hydrogen) atoms. The van der Waals surface area contributed by atoms with E-state index in [1.807, 2.05) is 25.2 Å². The molecule has 2 rings (SSSR count).